The van der Waals surface area contributed by atoms with Crippen LogP contribution in [0.1, 0.15) is 0 Å². The molecule has 0 fully saturated rings. The molecule has 16 heavy (non-hydrogen) atoms. The van der Waals surface area contributed by atoms with Gasteiger partial charge in [0, 0.05) is 11.1 Å². The summed E-state index contributed by atoms with van der Waals surface area (Å²) in [7, 11) is 0. The van der Waals surface area contributed by atoms with Gasteiger partial charge >= 0.3 is 0 Å². The number of hydrogen-bond acceptors (Lipinski definition) is 4. The Morgan fingerprint density at radius 1 is 1.12 bits per heavy atom. The van der Waals surface area contributed by atoms with E-state index in [0.717, 1.165) is 0 Å². The fourth-order valence-electron chi connectivity index (χ4n) is 1.18. The molecule has 0 bridgehead atoms. The second-order valence-corrected chi connectivity index (χ2v) is 3.62. The van der Waals surface area contributed by atoms with Gasteiger partial charge in [-0.15, -0.1) is 0 Å². The molecule has 1 aromatic heterocycles. The molecule has 1 heterocycles. The van der Waals surface area contributed by atoms with Crippen LogP contribution in [0.4, 0.5) is 11.5 Å². The summed E-state index contributed by atoms with van der Waals surface area (Å²) >= 11 is 5.82. The summed E-state index contributed by atoms with van der Waals surface area (Å²) in [5.74, 6) is 1.23. The summed E-state index contributed by atoms with van der Waals surface area (Å²) in [5, 5.41) is 0.598. The summed E-state index contributed by atoms with van der Waals surface area (Å²) in [6, 6.07) is 10.3. The van der Waals surface area contributed by atoms with Crippen molar-refractivity contribution in [3.8, 4) is 11.6 Å². The fourth-order valence-corrected chi connectivity index (χ4v) is 1.36. The minimum atomic E-state index is 0.250. The topological polar surface area (TPSA) is 74.2 Å². The highest BCUT2D eigenvalue weighted by atomic mass is 35.5. The fraction of sp³-hybridized carbons (Fsp3) is 0. The lowest BCUT2D eigenvalue weighted by molar-refractivity contribution is 0.464. The van der Waals surface area contributed by atoms with Crippen molar-refractivity contribution in [3.63, 3.8) is 0 Å². The van der Waals surface area contributed by atoms with Crippen molar-refractivity contribution in [2.45, 2.75) is 0 Å². The predicted molar refractivity (Wildman–Crippen MR) is 64.6 cm³/mol. The first-order valence-electron chi connectivity index (χ1n) is 4.60. The Morgan fingerprint density at radius 2 is 1.94 bits per heavy atom. The monoisotopic (exact) mass is 235 g/mol. The lowest BCUT2D eigenvalue weighted by Gasteiger charge is -2.06. The number of benzene rings is 1. The van der Waals surface area contributed by atoms with E-state index in [1.807, 2.05) is 0 Å². The van der Waals surface area contributed by atoms with Gasteiger partial charge in [0.25, 0.3) is 0 Å². The first-order valence-corrected chi connectivity index (χ1v) is 4.98. The zero-order valence-electron chi connectivity index (χ0n) is 8.35. The molecule has 0 radical (unpaired) electrons. The molecule has 4 N–H and O–H groups in total. The number of halogens is 1. The quantitative estimate of drug-likeness (QED) is 0.839. The van der Waals surface area contributed by atoms with Crippen LogP contribution < -0.4 is 16.2 Å². The van der Waals surface area contributed by atoms with Gasteiger partial charge in [-0.1, -0.05) is 17.7 Å². The number of ether oxygens (including phenoxy) is 1. The first kappa shape index (κ1) is 10.6. The largest absolute Gasteiger partial charge is 0.439 e. The van der Waals surface area contributed by atoms with Gasteiger partial charge in [-0.3, -0.25) is 0 Å². The average Bonchev–Trinajstić information content (AvgIpc) is 2.24. The van der Waals surface area contributed by atoms with Crippen LogP contribution in [0.25, 0.3) is 0 Å². The number of rotatable bonds is 2. The van der Waals surface area contributed by atoms with E-state index in [-0.39, 0.29) is 5.82 Å². The summed E-state index contributed by atoms with van der Waals surface area (Å²) in [6.07, 6.45) is 0. The predicted octanol–water partition coefficient (Wildman–Crippen LogP) is 2.69. The van der Waals surface area contributed by atoms with Gasteiger partial charge in [0.05, 0.1) is 5.69 Å². The number of hydrogen-bond donors (Lipinski definition) is 2. The number of anilines is 2. The highest BCUT2D eigenvalue weighted by molar-refractivity contribution is 6.30. The van der Waals surface area contributed by atoms with E-state index in [1.165, 1.54) is 0 Å². The molecule has 2 aromatic rings. The van der Waals surface area contributed by atoms with Crippen LogP contribution in [0.5, 0.6) is 11.6 Å². The lowest BCUT2D eigenvalue weighted by atomic mass is 10.3. The third-order valence-corrected chi connectivity index (χ3v) is 2.19. The molecule has 82 valence electrons. The van der Waals surface area contributed by atoms with Gasteiger partial charge in [-0.25, -0.2) is 0 Å². The van der Waals surface area contributed by atoms with E-state index >= 15 is 0 Å². The standard InChI is InChI=1S/C11H10ClN3O/c12-7-2-1-3-8(6-7)16-10-5-4-9(13)11(14)15-10/h1-6H,13H2,(H2,14,15). The Kier molecular flexibility index (Phi) is 2.83. The van der Waals surface area contributed by atoms with Gasteiger partial charge in [-0.05, 0) is 24.3 Å². The number of aromatic nitrogens is 1. The van der Waals surface area contributed by atoms with E-state index in [9.17, 15) is 0 Å². The third-order valence-electron chi connectivity index (χ3n) is 1.95. The van der Waals surface area contributed by atoms with Crippen LogP contribution >= 0.6 is 11.6 Å². The second kappa shape index (κ2) is 4.28. The van der Waals surface area contributed by atoms with Crippen molar-refractivity contribution in [2.75, 3.05) is 11.5 Å². The lowest BCUT2D eigenvalue weighted by Crippen LogP contribution is -1.98. The third kappa shape index (κ3) is 2.35. The number of pyridine rings is 1. The zero-order valence-corrected chi connectivity index (χ0v) is 9.11. The average molecular weight is 236 g/mol. The maximum Gasteiger partial charge on any atom is 0.221 e. The number of nitrogens with two attached hydrogens (primary N) is 2. The van der Waals surface area contributed by atoms with Crippen LogP contribution in [0.3, 0.4) is 0 Å². The molecule has 1 aromatic carbocycles. The maximum atomic E-state index is 5.82. The van der Waals surface area contributed by atoms with Crippen LogP contribution in [0.2, 0.25) is 5.02 Å². The van der Waals surface area contributed by atoms with E-state index in [1.54, 1.807) is 36.4 Å². The van der Waals surface area contributed by atoms with E-state index in [2.05, 4.69) is 4.98 Å². The molecule has 0 aliphatic heterocycles. The molecule has 0 saturated heterocycles. The van der Waals surface area contributed by atoms with Gasteiger partial charge in [0.15, 0.2) is 5.82 Å². The van der Waals surface area contributed by atoms with Crippen molar-refractivity contribution >= 4 is 23.1 Å². The summed E-state index contributed by atoms with van der Waals surface area (Å²) < 4.78 is 5.46. The highest BCUT2D eigenvalue weighted by Gasteiger charge is 2.02. The minimum absolute atomic E-state index is 0.250. The SMILES string of the molecule is Nc1ccc(Oc2cccc(Cl)c2)nc1N. The van der Waals surface area contributed by atoms with Crippen LogP contribution in [0.15, 0.2) is 36.4 Å². The number of nitrogens with zero attached hydrogens (tertiary/aromatic N) is 1. The molecule has 0 amide bonds. The molecule has 0 saturated carbocycles. The van der Waals surface area contributed by atoms with E-state index in [4.69, 9.17) is 27.8 Å². The van der Waals surface area contributed by atoms with Gasteiger partial charge in [-0.2, -0.15) is 4.98 Å². The van der Waals surface area contributed by atoms with Crippen molar-refractivity contribution in [1.29, 1.82) is 0 Å². The number of nitrogen functional groups attached to an aromatic ring is 2. The molecular formula is C11H10ClN3O. The molecule has 0 atom stereocenters. The Bertz CT molecular complexity index is 516. The molecule has 0 unspecified atom stereocenters. The van der Waals surface area contributed by atoms with Gasteiger partial charge in [0.2, 0.25) is 5.88 Å². The normalized spacial score (nSPS) is 10.1. The maximum absolute atomic E-state index is 5.82. The van der Waals surface area contributed by atoms with Crippen molar-refractivity contribution in [3.05, 3.63) is 41.4 Å². The molecule has 2 rings (SSSR count). The molecule has 0 spiro atoms. The Morgan fingerprint density at radius 3 is 2.62 bits per heavy atom. The molecule has 0 aliphatic rings. The Balaban J connectivity index is 2.24. The smallest absolute Gasteiger partial charge is 0.221 e. The van der Waals surface area contributed by atoms with Crippen LogP contribution in [-0.4, -0.2) is 4.98 Å². The summed E-state index contributed by atoms with van der Waals surface area (Å²) in [5.41, 5.74) is 11.5. The van der Waals surface area contributed by atoms with E-state index < -0.39 is 0 Å². The first-order chi connectivity index (χ1) is 7.65. The Hall–Kier alpha value is -1.94. The van der Waals surface area contributed by atoms with Crippen molar-refractivity contribution in [1.82, 2.24) is 4.98 Å². The molecule has 5 heteroatoms. The van der Waals surface area contributed by atoms with Crippen molar-refractivity contribution in [2.24, 2.45) is 0 Å². The van der Waals surface area contributed by atoms with Crippen LogP contribution in [-0.2, 0) is 0 Å². The highest BCUT2D eigenvalue weighted by Crippen LogP contribution is 2.24. The second-order valence-electron chi connectivity index (χ2n) is 3.18. The summed E-state index contributed by atoms with van der Waals surface area (Å²) in [4.78, 5) is 3.99. The minimum Gasteiger partial charge on any atom is -0.439 e. The zero-order chi connectivity index (χ0) is 11.5. The van der Waals surface area contributed by atoms with Crippen LogP contribution in [0, 0.1) is 0 Å². The molecular weight excluding hydrogens is 226 g/mol. The van der Waals surface area contributed by atoms with E-state index in [0.29, 0.717) is 22.3 Å². The molecule has 4 nitrogen and oxygen atoms in total. The van der Waals surface area contributed by atoms with Gasteiger partial charge < -0.3 is 16.2 Å². The van der Waals surface area contributed by atoms with Crippen molar-refractivity contribution < 1.29 is 4.74 Å². The molecule has 0 aliphatic carbocycles. The summed E-state index contributed by atoms with van der Waals surface area (Å²) in [6.45, 7) is 0. The Labute approximate surface area is 97.8 Å². The van der Waals surface area contributed by atoms with Gasteiger partial charge in [0.1, 0.15) is 5.75 Å².